The first-order valence-corrected chi connectivity index (χ1v) is 4.29. The molecule has 0 fully saturated rings. The Labute approximate surface area is 84.7 Å². The molecular formula is C8H11F3N4. The van der Waals surface area contributed by atoms with E-state index < -0.39 is 18.8 Å². The molecule has 0 saturated carbocycles. The topological polar surface area (TPSA) is 63.8 Å². The molecule has 1 rings (SSSR count). The molecule has 0 bridgehead atoms. The Kier molecular flexibility index (Phi) is 3.98. The summed E-state index contributed by atoms with van der Waals surface area (Å²) in [7, 11) is 0. The monoisotopic (exact) mass is 220 g/mol. The lowest BCUT2D eigenvalue weighted by atomic mass is 10.2. The van der Waals surface area contributed by atoms with Crippen molar-refractivity contribution < 1.29 is 13.2 Å². The zero-order valence-corrected chi connectivity index (χ0v) is 7.83. The Morgan fingerprint density at radius 2 is 2.20 bits per heavy atom. The lowest BCUT2D eigenvalue weighted by Crippen LogP contribution is -2.36. The number of nitrogens with zero attached hydrogens (tertiary/aromatic N) is 2. The van der Waals surface area contributed by atoms with Gasteiger partial charge in [0, 0.05) is 12.7 Å². The number of hydrogen-bond donors (Lipinski definition) is 2. The third-order valence-electron chi connectivity index (χ3n) is 1.75. The highest BCUT2D eigenvalue weighted by Crippen LogP contribution is 2.15. The van der Waals surface area contributed by atoms with Crippen LogP contribution in [0.5, 0.6) is 0 Å². The molecule has 0 aliphatic heterocycles. The highest BCUT2D eigenvalue weighted by Gasteiger charge is 2.28. The second-order valence-electron chi connectivity index (χ2n) is 2.92. The van der Waals surface area contributed by atoms with Gasteiger partial charge in [0.05, 0.1) is 18.3 Å². The van der Waals surface area contributed by atoms with Gasteiger partial charge in [-0.25, -0.2) is 9.97 Å². The number of hydrogen-bond acceptors (Lipinski definition) is 4. The smallest absolute Gasteiger partial charge is 0.329 e. The molecule has 0 radical (unpaired) electrons. The zero-order valence-electron chi connectivity index (χ0n) is 7.83. The Hall–Kier alpha value is -1.21. The fourth-order valence-corrected chi connectivity index (χ4v) is 1.05. The summed E-state index contributed by atoms with van der Waals surface area (Å²) in [6.45, 7) is -1.04. The number of nitrogens with two attached hydrogens (primary N) is 1. The van der Waals surface area contributed by atoms with E-state index in [4.69, 9.17) is 5.73 Å². The van der Waals surface area contributed by atoms with Crippen LogP contribution in [0.1, 0.15) is 11.7 Å². The summed E-state index contributed by atoms with van der Waals surface area (Å²) in [5.41, 5.74) is 5.80. The van der Waals surface area contributed by atoms with Crippen molar-refractivity contribution >= 4 is 0 Å². The van der Waals surface area contributed by atoms with E-state index in [1.807, 2.05) is 0 Å². The van der Waals surface area contributed by atoms with Crippen LogP contribution in [0.3, 0.4) is 0 Å². The van der Waals surface area contributed by atoms with Crippen molar-refractivity contribution in [3.63, 3.8) is 0 Å². The molecule has 0 saturated heterocycles. The van der Waals surface area contributed by atoms with Gasteiger partial charge in [0.15, 0.2) is 0 Å². The van der Waals surface area contributed by atoms with Crippen molar-refractivity contribution in [2.24, 2.45) is 5.73 Å². The lowest BCUT2D eigenvalue weighted by molar-refractivity contribution is -0.126. The summed E-state index contributed by atoms with van der Waals surface area (Å²) < 4.78 is 35.8. The Balaban J connectivity index is 2.58. The van der Waals surface area contributed by atoms with Crippen molar-refractivity contribution in [3.8, 4) is 0 Å². The number of nitrogens with one attached hydrogen (secondary N) is 1. The molecule has 1 aromatic heterocycles. The first-order chi connectivity index (χ1) is 7.03. The molecule has 1 atom stereocenters. The molecule has 84 valence electrons. The van der Waals surface area contributed by atoms with E-state index in [1.54, 1.807) is 0 Å². The van der Waals surface area contributed by atoms with Crippen LogP contribution in [0.15, 0.2) is 18.6 Å². The molecule has 1 aromatic rings. The fraction of sp³-hybridized carbons (Fsp3) is 0.500. The van der Waals surface area contributed by atoms with Gasteiger partial charge in [-0.05, 0) is 6.07 Å². The summed E-state index contributed by atoms with van der Waals surface area (Å²) in [4.78, 5) is 7.50. The summed E-state index contributed by atoms with van der Waals surface area (Å²) in [6.07, 6.45) is -1.52. The quantitative estimate of drug-likeness (QED) is 0.781. The van der Waals surface area contributed by atoms with E-state index in [0.717, 1.165) is 0 Å². The molecule has 7 heteroatoms. The van der Waals surface area contributed by atoms with Crippen LogP contribution in [0, 0.1) is 0 Å². The van der Waals surface area contributed by atoms with Crippen molar-refractivity contribution in [3.05, 3.63) is 24.3 Å². The van der Waals surface area contributed by atoms with E-state index in [-0.39, 0.29) is 6.54 Å². The van der Waals surface area contributed by atoms with Crippen molar-refractivity contribution in [1.29, 1.82) is 0 Å². The first kappa shape index (κ1) is 11.9. The predicted molar refractivity (Wildman–Crippen MR) is 47.9 cm³/mol. The Bertz CT molecular complexity index is 288. The van der Waals surface area contributed by atoms with Gasteiger partial charge in [0.25, 0.3) is 0 Å². The van der Waals surface area contributed by atoms with Gasteiger partial charge in [0.2, 0.25) is 0 Å². The van der Waals surface area contributed by atoms with Gasteiger partial charge in [-0.2, -0.15) is 13.2 Å². The maximum atomic E-state index is 11.9. The van der Waals surface area contributed by atoms with Crippen LogP contribution in [-0.4, -0.2) is 29.2 Å². The summed E-state index contributed by atoms with van der Waals surface area (Å²) in [6, 6.07) is 0.926. The molecule has 0 amide bonds. The minimum atomic E-state index is -4.25. The Morgan fingerprint density at radius 1 is 1.47 bits per heavy atom. The summed E-state index contributed by atoms with van der Waals surface area (Å²) >= 11 is 0. The van der Waals surface area contributed by atoms with Crippen LogP contribution >= 0.6 is 0 Å². The minimum absolute atomic E-state index is 0.0487. The number of alkyl halides is 3. The molecule has 3 N–H and O–H groups in total. The van der Waals surface area contributed by atoms with Gasteiger partial charge >= 0.3 is 6.18 Å². The summed E-state index contributed by atoms with van der Waals surface area (Å²) in [5, 5.41) is 2.29. The average Bonchev–Trinajstić information content (AvgIpc) is 2.19. The fourth-order valence-electron chi connectivity index (χ4n) is 1.05. The second kappa shape index (κ2) is 5.04. The molecular weight excluding hydrogens is 209 g/mol. The average molecular weight is 220 g/mol. The lowest BCUT2D eigenvalue weighted by Gasteiger charge is -2.17. The molecule has 0 spiro atoms. The van der Waals surface area contributed by atoms with E-state index in [1.165, 1.54) is 18.6 Å². The van der Waals surface area contributed by atoms with Crippen LogP contribution in [0.2, 0.25) is 0 Å². The Morgan fingerprint density at radius 3 is 2.67 bits per heavy atom. The largest absolute Gasteiger partial charge is 0.401 e. The predicted octanol–water partition coefficient (Wildman–Crippen LogP) is 0.628. The van der Waals surface area contributed by atoms with Crippen molar-refractivity contribution in [1.82, 2.24) is 15.3 Å². The number of rotatable bonds is 4. The molecule has 0 aliphatic carbocycles. The van der Waals surface area contributed by atoms with Crippen LogP contribution in [-0.2, 0) is 0 Å². The van der Waals surface area contributed by atoms with E-state index in [2.05, 4.69) is 15.3 Å². The second-order valence-corrected chi connectivity index (χ2v) is 2.92. The first-order valence-electron chi connectivity index (χ1n) is 4.29. The van der Waals surface area contributed by atoms with Crippen LogP contribution in [0.4, 0.5) is 13.2 Å². The SMILES string of the molecule is NCC(NCC(F)(F)F)c1ccncn1. The highest BCUT2D eigenvalue weighted by atomic mass is 19.4. The van der Waals surface area contributed by atoms with Gasteiger partial charge in [-0.15, -0.1) is 0 Å². The molecule has 1 unspecified atom stereocenters. The third-order valence-corrected chi connectivity index (χ3v) is 1.75. The highest BCUT2D eigenvalue weighted by molar-refractivity contribution is 5.05. The molecule has 4 nitrogen and oxygen atoms in total. The standard InChI is InChI=1S/C8H11F3N4/c9-8(10,11)4-14-7(3-12)6-1-2-13-5-15-6/h1-2,5,7,14H,3-4,12H2. The van der Waals surface area contributed by atoms with E-state index >= 15 is 0 Å². The van der Waals surface area contributed by atoms with E-state index in [9.17, 15) is 13.2 Å². The van der Waals surface area contributed by atoms with E-state index in [0.29, 0.717) is 5.69 Å². The van der Waals surface area contributed by atoms with Gasteiger partial charge in [-0.1, -0.05) is 0 Å². The maximum absolute atomic E-state index is 11.9. The number of aromatic nitrogens is 2. The zero-order chi connectivity index (χ0) is 11.3. The molecule has 15 heavy (non-hydrogen) atoms. The normalized spacial score (nSPS) is 13.9. The maximum Gasteiger partial charge on any atom is 0.401 e. The van der Waals surface area contributed by atoms with Crippen LogP contribution in [0.25, 0.3) is 0 Å². The van der Waals surface area contributed by atoms with Gasteiger partial charge in [0.1, 0.15) is 6.33 Å². The minimum Gasteiger partial charge on any atom is -0.329 e. The van der Waals surface area contributed by atoms with Crippen molar-refractivity contribution in [2.75, 3.05) is 13.1 Å². The third kappa shape index (κ3) is 4.22. The van der Waals surface area contributed by atoms with Gasteiger partial charge in [-0.3, -0.25) is 5.32 Å². The molecule has 1 heterocycles. The van der Waals surface area contributed by atoms with Gasteiger partial charge < -0.3 is 5.73 Å². The summed E-state index contributed by atoms with van der Waals surface area (Å²) in [5.74, 6) is 0. The molecule has 0 aromatic carbocycles. The van der Waals surface area contributed by atoms with Crippen molar-refractivity contribution in [2.45, 2.75) is 12.2 Å². The molecule has 0 aliphatic rings. The van der Waals surface area contributed by atoms with Crippen LogP contribution < -0.4 is 11.1 Å². The number of halogens is 3.